The van der Waals surface area contributed by atoms with Crippen molar-refractivity contribution in [3.8, 4) is 0 Å². The molecule has 0 bridgehead atoms. The predicted molar refractivity (Wildman–Crippen MR) is 95.1 cm³/mol. The molecule has 0 aliphatic rings. The first-order chi connectivity index (χ1) is 11.3. The number of rotatable bonds is 6. The van der Waals surface area contributed by atoms with Crippen LogP contribution in [0.2, 0.25) is 0 Å². The van der Waals surface area contributed by atoms with Crippen LogP contribution in [-0.4, -0.2) is 33.6 Å². The van der Waals surface area contributed by atoms with Gasteiger partial charge in [0.2, 0.25) is 0 Å². The van der Waals surface area contributed by atoms with Gasteiger partial charge < -0.3 is 15.7 Å². The molecule has 1 aromatic carbocycles. The zero-order chi connectivity index (χ0) is 17.7. The van der Waals surface area contributed by atoms with Gasteiger partial charge in [0.05, 0.1) is 18.3 Å². The Morgan fingerprint density at radius 1 is 1.29 bits per heavy atom. The monoisotopic (exact) mass is 330 g/mol. The molecule has 2 amide bonds. The van der Waals surface area contributed by atoms with E-state index in [-0.39, 0.29) is 18.5 Å². The maximum atomic E-state index is 11.9. The van der Waals surface area contributed by atoms with Crippen LogP contribution < -0.4 is 10.6 Å². The van der Waals surface area contributed by atoms with E-state index in [1.807, 2.05) is 62.7 Å². The van der Waals surface area contributed by atoms with E-state index < -0.39 is 6.10 Å². The number of urea groups is 1. The highest BCUT2D eigenvalue weighted by atomic mass is 16.3. The van der Waals surface area contributed by atoms with Gasteiger partial charge in [-0.3, -0.25) is 4.68 Å². The van der Waals surface area contributed by atoms with E-state index in [0.29, 0.717) is 12.2 Å². The average Bonchev–Trinajstić information content (AvgIpc) is 2.82. The molecule has 2 aromatic rings. The van der Waals surface area contributed by atoms with Gasteiger partial charge in [-0.25, -0.2) is 4.79 Å². The van der Waals surface area contributed by atoms with Gasteiger partial charge in [0.25, 0.3) is 0 Å². The fourth-order valence-corrected chi connectivity index (χ4v) is 2.36. The number of nitrogens with zero attached hydrogens (tertiary/aromatic N) is 2. The second-order valence-corrected chi connectivity index (χ2v) is 6.43. The predicted octanol–water partition coefficient (Wildman–Crippen LogP) is 2.69. The zero-order valence-corrected chi connectivity index (χ0v) is 14.7. The van der Waals surface area contributed by atoms with E-state index in [2.05, 4.69) is 15.7 Å². The third-order valence-corrected chi connectivity index (χ3v) is 3.86. The number of anilines is 1. The molecule has 2 rings (SSSR count). The minimum atomic E-state index is -0.548. The van der Waals surface area contributed by atoms with Gasteiger partial charge in [-0.05, 0) is 43.5 Å². The van der Waals surface area contributed by atoms with Crippen molar-refractivity contribution < 1.29 is 9.90 Å². The van der Waals surface area contributed by atoms with Crippen molar-refractivity contribution >= 4 is 11.7 Å². The smallest absolute Gasteiger partial charge is 0.319 e. The average molecular weight is 330 g/mol. The third kappa shape index (κ3) is 5.09. The molecule has 1 atom stereocenters. The standard InChI is InChI=1S/C18H26N4O2/c1-12(2)17(23)10-19-18(24)20-16-7-5-6-15(9-16)11-22-14(4)8-13(3)21-22/h5-9,12,17,23H,10-11H2,1-4H3,(H2,19,20,24)/t17-/m1/s1. The van der Waals surface area contributed by atoms with Crippen LogP contribution in [0.25, 0.3) is 0 Å². The van der Waals surface area contributed by atoms with Crippen LogP contribution in [0.3, 0.4) is 0 Å². The lowest BCUT2D eigenvalue weighted by atomic mass is 10.1. The first kappa shape index (κ1) is 18.0. The number of carbonyl (C=O) groups excluding carboxylic acids is 1. The highest BCUT2D eigenvalue weighted by Crippen LogP contribution is 2.13. The normalized spacial score (nSPS) is 12.2. The Morgan fingerprint density at radius 2 is 2.04 bits per heavy atom. The van der Waals surface area contributed by atoms with Crippen molar-refractivity contribution in [2.24, 2.45) is 5.92 Å². The van der Waals surface area contributed by atoms with Crippen molar-refractivity contribution in [1.29, 1.82) is 0 Å². The summed E-state index contributed by atoms with van der Waals surface area (Å²) in [4.78, 5) is 11.9. The summed E-state index contributed by atoms with van der Waals surface area (Å²) in [6, 6.07) is 9.38. The molecule has 0 spiro atoms. The fourth-order valence-electron chi connectivity index (χ4n) is 2.36. The number of aliphatic hydroxyl groups is 1. The first-order valence-corrected chi connectivity index (χ1v) is 8.18. The molecular weight excluding hydrogens is 304 g/mol. The fraction of sp³-hybridized carbons (Fsp3) is 0.444. The number of aliphatic hydroxyl groups excluding tert-OH is 1. The van der Waals surface area contributed by atoms with E-state index in [1.54, 1.807) is 0 Å². The van der Waals surface area contributed by atoms with E-state index in [0.717, 1.165) is 17.0 Å². The van der Waals surface area contributed by atoms with Crippen molar-refractivity contribution in [1.82, 2.24) is 15.1 Å². The van der Waals surface area contributed by atoms with Gasteiger partial charge in [0.15, 0.2) is 0 Å². The second-order valence-electron chi connectivity index (χ2n) is 6.43. The number of benzene rings is 1. The SMILES string of the molecule is Cc1cc(C)n(Cc2cccc(NC(=O)NC[C@@H](O)C(C)C)c2)n1. The van der Waals surface area contributed by atoms with Crippen molar-refractivity contribution in [3.63, 3.8) is 0 Å². The van der Waals surface area contributed by atoms with E-state index in [4.69, 9.17) is 0 Å². The maximum Gasteiger partial charge on any atom is 0.319 e. The first-order valence-electron chi connectivity index (χ1n) is 8.18. The van der Waals surface area contributed by atoms with Gasteiger partial charge in [0.1, 0.15) is 0 Å². The molecule has 3 N–H and O–H groups in total. The Balaban J connectivity index is 1.95. The molecule has 130 valence electrons. The Bertz CT molecular complexity index is 694. The van der Waals surface area contributed by atoms with E-state index in [9.17, 15) is 9.90 Å². The number of hydrogen-bond donors (Lipinski definition) is 3. The molecular formula is C18H26N4O2. The Kier molecular flexibility index (Phi) is 5.98. The van der Waals surface area contributed by atoms with Crippen LogP contribution in [0.15, 0.2) is 30.3 Å². The summed E-state index contributed by atoms with van der Waals surface area (Å²) in [6.45, 7) is 8.70. The summed E-state index contributed by atoms with van der Waals surface area (Å²) in [6.07, 6.45) is -0.548. The highest BCUT2D eigenvalue weighted by molar-refractivity contribution is 5.89. The maximum absolute atomic E-state index is 11.9. The molecule has 0 fully saturated rings. The molecule has 6 heteroatoms. The molecule has 1 aromatic heterocycles. The van der Waals surface area contributed by atoms with E-state index >= 15 is 0 Å². The van der Waals surface area contributed by atoms with Crippen LogP contribution in [0.4, 0.5) is 10.5 Å². The molecule has 0 unspecified atom stereocenters. The minimum absolute atomic E-state index is 0.106. The zero-order valence-electron chi connectivity index (χ0n) is 14.7. The molecule has 0 saturated heterocycles. The third-order valence-electron chi connectivity index (χ3n) is 3.86. The van der Waals surface area contributed by atoms with Gasteiger partial charge in [-0.1, -0.05) is 26.0 Å². The van der Waals surface area contributed by atoms with Crippen molar-refractivity contribution in [2.75, 3.05) is 11.9 Å². The number of hydrogen-bond acceptors (Lipinski definition) is 3. The summed E-state index contributed by atoms with van der Waals surface area (Å²) < 4.78 is 1.94. The molecule has 0 saturated carbocycles. The summed E-state index contributed by atoms with van der Waals surface area (Å²) in [5.74, 6) is 0.106. The lowest BCUT2D eigenvalue weighted by Gasteiger charge is -2.15. The minimum Gasteiger partial charge on any atom is -0.391 e. The Hall–Kier alpha value is -2.34. The molecule has 1 heterocycles. The number of amides is 2. The number of aromatic nitrogens is 2. The molecule has 0 aliphatic heterocycles. The second kappa shape index (κ2) is 7.97. The lowest BCUT2D eigenvalue weighted by molar-refractivity contribution is 0.126. The van der Waals surface area contributed by atoms with E-state index in [1.165, 1.54) is 0 Å². The van der Waals surface area contributed by atoms with Crippen LogP contribution in [-0.2, 0) is 6.54 Å². The van der Waals surface area contributed by atoms with Crippen LogP contribution >= 0.6 is 0 Å². The topological polar surface area (TPSA) is 79.2 Å². The van der Waals surface area contributed by atoms with Crippen LogP contribution in [0.1, 0.15) is 30.8 Å². The number of carbonyl (C=O) groups is 1. The number of aryl methyl sites for hydroxylation is 2. The molecule has 6 nitrogen and oxygen atoms in total. The number of nitrogens with one attached hydrogen (secondary N) is 2. The summed E-state index contributed by atoms with van der Waals surface area (Å²) >= 11 is 0. The van der Waals surface area contributed by atoms with Crippen molar-refractivity contribution in [3.05, 3.63) is 47.3 Å². The lowest BCUT2D eigenvalue weighted by Crippen LogP contribution is -2.37. The van der Waals surface area contributed by atoms with Gasteiger partial charge in [-0.2, -0.15) is 5.10 Å². The summed E-state index contributed by atoms with van der Waals surface area (Å²) in [5.41, 5.74) is 3.86. The molecule has 24 heavy (non-hydrogen) atoms. The Labute approximate surface area is 142 Å². The van der Waals surface area contributed by atoms with Crippen LogP contribution in [0.5, 0.6) is 0 Å². The molecule has 0 aliphatic carbocycles. The highest BCUT2D eigenvalue weighted by Gasteiger charge is 2.11. The molecule has 0 radical (unpaired) electrons. The Morgan fingerprint density at radius 3 is 2.67 bits per heavy atom. The van der Waals surface area contributed by atoms with Gasteiger partial charge in [0, 0.05) is 17.9 Å². The van der Waals surface area contributed by atoms with Gasteiger partial charge in [-0.15, -0.1) is 0 Å². The largest absolute Gasteiger partial charge is 0.391 e. The van der Waals surface area contributed by atoms with Gasteiger partial charge >= 0.3 is 6.03 Å². The summed E-state index contributed by atoms with van der Waals surface area (Å²) in [5, 5.41) is 19.6. The quantitative estimate of drug-likeness (QED) is 0.762. The summed E-state index contributed by atoms with van der Waals surface area (Å²) in [7, 11) is 0. The van der Waals surface area contributed by atoms with Crippen LogP contribution in [0, 0.1) is 19.8 Å². The van der Waals surface area contributed by atoms with Crippen molar-refractivity contribution in [2.45, 2.75) is 40.3 Å².